The van der Waals surface area contributed by atoms with Gasteiger partial charge in [-0.05, 0) is 25.8 Å². The maximum atomic E-state index is 11.6. The summed E-state index contributed by atoms with van der Waals surface area (Å²) in [6.07, 6.45) is -0.450. The number of carbonyl (C=O) groups is 1. The summed E-state index contributed by atoms with van der Waals surface area (Å²) in [4.78, 5) is 13.8. The zero-order valence-electron chi connectivity index (χ0n) is 12.7. The summed E-state index contributed by atoms with van der Waals surface area (Å²) in [5.74, 6) is 0. The standard InChI is InChI=1S/C16H24N2O3/c1-12(2)21-16(20)17-14-8-9-18(11-15(14)19)10-13-6-4-3-5-7-13/h3-7,12,14-15,19H,8-11H2,1-2H3,(H,17,20). The van der Waals surface area contributed by atoms with Gasteiger partial charge in [0.15, 0.2) is 0 Å². The first-order valence-electron chi connectivity index (χ1n) is 7.46. The minimum absolute atomic E-state index is 0.152. The monoisotopic (exact) mass is 292 g/mol. The molecule has 21 heavy (non-hydrogen) atoms. The predicted octanol–water partition coefficient (Wildman–Crippen LogP) is 1.76. The van der Waals surface area contributed by atoms with Gasteiger partial charge in [-0.25, -0.2) is 4.79 Å². The van der Waals surface area contributed by atoms with Gasteiger partial charge in [-0.2, -0.15) is 0 Å². The van der Waals surface area contributed by atoms with Crippen LogP contribution in [0, 0.1) is 0 Å². The Morgan fingerprint density at radius 2 is 2.14 bits per heavy atom. The molecule has 2 N–H and O–H groups in total. The molecule has 1 amide bonds. The lowest BCUT2D eigenvalue weighted by molar-refractivity contribution is 0.0316. The highest BCUT2D eigenvalue weighted by atomic mass is 16.6. The van der Waals surface area contributed by atoms with E-state index in [1.165, 1.54) is 5.56 Å². The summed E-state index contributed by atoms with van der Waals surface area (Å²) in [6, 6.07) is 9.95. The fourth-order valence-electron chi connectivity index (χ4n) is 2.55. The molecule has 5 nitrogen and oxygen atoms in total. The highest BCUT2D eigenvalue weighted by molar-refractivity contribution is 5.67. The van der Waals surface area contributed by atoms with Crippen molar-refractivity contribution in [3.05, 3.63) is 35.9 Å². The van der Waals surface area contributed by atoms with E-state index in [-0.39, 0.29) is 12.1 Å². The fraction of sp³-hybridized carbons (Fsp3) is 0.562. The van der Waals surface area contributed by atoms with Gasteiger partial charge >= 0.3 is 6.09 Å². The average Bonchev–Trinajstić information content (AvgIpc) is 2.42. The van der Waals surface area contributed by atoms with Crippen LogP contribution in [0.25, 0.3) is 0 Å². The molecule has 116 valence electrons. The van der Waals surface area contributed by atoms with E-state index >= 15 is 0 Å². The molecular formula is C16H24N2O3. The van der Waals surface area contributed by atoms with E-state index in [4.69, 9.17) is 4.74 Å². The van der Waals surface area contributed by atoms with E-state index in [1.54, 1.807) is 13.8 Å². The van der Waals surface area contributed by atoms with Crippen LogP contribution in [0.4, 0.5) is 4.79 Å². The Bertz CT molecular complexity index is 450. The van der Waals surface area contributed by atoms with Gasteiger partial charge in [0.2, 0.25) is 0 Å². The molecular weight excluding hydrogens is 268 g/mol. The van der Waals surface area contributed by atoms with Crippen LogP contribution in [0.1, 0.15) is 25.8 Å². The summed E-state index contributed by atoms with van der Waals surface area (Å²) >= 11 is 0. The molecule has 0 saturated carbocycles. The Morgan fingerprint density at radius 1 is 1.43 bits per heavy atom. The van der Waals surface area contributed by atoms with Crippen molar-refractivity contribution in [2.75, 3.05) is 13.1 Å². The van der Waals surface area contributed by atoms with Crippen LogP contribution in [0.5, 0.6) is 0 Å². The number of carbonyl (C=O) groups excluding carboxylic acids is 1. The number of nitrogens with zero attached hydrogens (tertiary/aromatic N) is 1. The number of aliphatic hydroxyl groups excluding tert-OH is 1. The smallest absolute Gasteiger partial charge is 0.407 e. The molecule has 5 heteroatoms. The highest BCUT2D eigenvalue weighted by Gasteiger charge is 2.29. The lowest BCUT2D eigenvalue weighted by Crippen LogP contribution is -2.54. The van der Waals surface area contributed by atoms with Crippen LogP contribution in [0.2, 0.25) is 0 Å². The third-order valence-electron chi connectivity index (χ3n) is 3.56. The van der Waals surface area contributed by atoms with E-state index in [0.717, 1.165) is 19.5 Å². The Kier molecular flexibility index (Phi) is 5.59. The summed E-state index contributed by atoms with van der Waals surface area (Å²) in [5.41, 5.74) is 1.23. The molecule has 1 aromatic carbocycles. The van der Waals surface area contributed by atoms with Gasteiger partial charge < -0.3 is 15.2 Å². The molecule has 2 atom stereocenters. The normalized spacial score (nSPS) is 23.0. The SMILES string of the molecule is CC(C)OC(=O)NC1CCN(Cc2ccccc2)CC1O. The molecule has 0 aliphatic carbocycles. The molecule has 0 radical (unpaired) electrons. The second-order valence-electron chi connectivity index (χ2n) is 5.78. The molecule has 1 heterocycles. The summed E-state index contributed by atoms with van der Waals surface area (Å²) in [6.45, 7) is 5.83. The molecule has 2 rings (SSSR count). The van der Waals surface area contributed by atoms with Gasteiger partial charge in [0.05, 0.1) is 18.2 Å². The van der Waals surface area contributed by atoms with E-state index < -0.39 is 12.2 Å². The van der Waals surface area contributed by atoms with E-state index in [2.05, 4.69) is 22.3 Å². The average molecular weight is 292 g/mol. The first-order valence-corrected chi connectivity index (χ1v) is 7.46. The number of piperidine rings is 1. The first kappa shape index (κ1) is 15.8. The molecule has 1 fully saturated rings. The molecule has 0 spiro atoms. The number of hydrogen-bond donors (Lipinski definition) is 2. The molecule has 0 bridgehead atoms. The van der Waals surface area contributed by atoms with Gasteiger partial charge in [0.25, 0.3) is 0 Å². The largest absolute Gasteiger partial charge is 0.447 e. The van der Waals surface area contributed by atoms with E-state index in [1.807, 2.05) is 18.2 Å². The van der Waals surface area contributed by atoms with Crippen LogP contribution in [-0.4, -0.2) is 47.4 Å². The lowest BCUT2D eigenvalue weighted by atomic mass is 10.0. The maximum absolute atomic E-state index is 11.6. The summed E-state index contributed by atoms with van der Waals surface area (Å²) in [7, 11) is 0. The second-order valence-corrected chi connectivity index (χ2v) is 5.78. The Hall–Kier alpha value is -1.59. The van der Waals surface area contributed by atoms with E-state index in [0.29, 0.717) is 6.54 Å². The van der Waals surface area contributed by atoms with E-state index in [9.17, 15) is 9.90 Å². The number of benzene rings is 1. The number of hydrogen-bond acceptors (Lipinski definition) is 4. The number of nitrogens with one attached hydrogen (secondary N) is 1. The number of likely N-dealkylation sites (tertiary alicyclic amines) is 1. The van der Waals surface area contributed by atoms with Gasteiger partial charge in [-0.15, -0.1) is 0 Å². The number of β-amino-alcohol motifs (C(OH)–C–C–N with tert-alkyl or cyclic N) is 1. The number of alkyl carbamates (subject to hydrolysis) is 1. The van der Waals surface area contributed by atoms with Gasteiger partial charge in [-0.1, -0.05) is 30.3 Å². The van der Waals surface area contributed by atoms with Crippen molar-refractivity contribution in [1.82, 2.24) is 10.2 Å². The van der Waals surface area contributed by atoms with Crippen molar-refractivity contribution in [3.63, 3.8) is 0 Å². The number of aliphatic hydroxyl groups is 1. The molecule has 1 aromatic rings. The zero-order chi connectivity index (χ0) is 15.2. The van der Waals surface area contributed by atoms with Crippen molar-refractivity contribution in [3.8, 4) is 0 Å². The van der Waals surface area contributed by atoms with Crippen LogP contribution >= 0.6 is 0 Å². The highest BCUT2D eigenvalue weighted by Crippen LogP contribution is 2.14. The number of ether oxygens (including phenoxy) is 1. The Morgan fingerprint density at radius 3 is 2.76 bits per heavy atom. The van der Waals surface area contributed by atoms with Crippen molar-refractivity contribution >= 4 is 6.09 Å². The van der Waals surface area contributed by atoms with Crippen LogP contribution in [0.3, 0.4) is 0 Å². The maximum Gasteiger partial charge on any atom is 0.407 e. The molecule has 1 aliphatic rings. The molecule has 1 saturated heterocycles. The van der Waals surface area contributed by atoms with Gasteiger partial charge in [0.1, 0.15) is 0 Å². The topological polar surface area (TPSA) is 61.8 Å². The molecule has 2 unspecified atom stereocenters. The van der Waals surface area contributed by atoms with Crippen molar-refractivity contribution in [2.45, 2.75) is 45.1 Å². The van der Waals surface area contributed by atoms with Crippen LogP contribution in [0.15, 0.2) is 30.3 Å². The van der Waals surface area contributed by atoms with Crippen LogP contribution in [-0.2, 0) is 11.3 Å². The summed E-state index contributed by atoms with van der Waals surface area (Å²) < 4.78 is 5.05. The molecule has 0 aromatic heterocycles. The van der Waals surface area contributed by atoms with Crippen molar-refractivity contribution < 1.29 is 14.6 Å². The predicted molar refractivity (Wildman–Crippen MR) is 80.9 cm³/mol. The minimum atomic E-state index is -0.567. The second kappa shape index (κ2) is 7.43. The minimum Gasteiger partial charge on any atom is -0.447 e. The Labute approximate surface area is 125 Å². The van der Waals surface area contributed by atoms with Gasteiger partial charge in [-0.3, -0.25) is 4.90 Å². The van der Waals surface area contributed by atoms with Crippen molar-refractivity contribution in [1.29, 1.82) is 0 Å². The number of amides is 1. The third kappa shape index (κ3) is 5.02. The molecule has 1 aliphatic heterocycles. The lowest BCUT2D eigenvalue weighted by Gasteiger charge is -2.36. The van der Waals surface area contributed by atoms with Crippen molar-refractivity contribution in [2.24, 2.45) is 0 Å². The Balaban J connectivity index is 1.80. The quantitative estimate of drug-likeness (QED) is 0.887. The summed E-state index contributed by atoms with van der Waals surface area (Å²) in [5, 5.41) is 12.9. The zero-order valence-corrected chi connectivity index (χ0v) is 12.7. The van der Waals surface area contributed by atoms with Gasteiger partial charge in [0, 0.05) is 19.6 Å². The fourth-order valence-corrected chi connectivity index (χ4v) is 2.55. The number of rotatable bonds is 4. The first-order chi connectivity index (χ1) is 10.0. The van der Waals surface area contributed by atoms with Crippen LogP contribution < -0.4 is 5.32 Å². The third-order valence-corrected chi connectivity index (χ3v) is 3.56.